The molecule has 0 radical (unpaired) electrons. The third-order valence-corrected chi connectivity index (χ3v) is 6.11. The van der Waals surface area contributed by atoms with E-state index in [1.54, 1.807) is 0 Å². The Morgan fingerprint density at radius 3 is 2.27 bits per heavy atom. The molecule has 30 heavy (non-hydrogen) atoms. The molecule has 3 rings (SSSR count). The number of ether oxygens (including phenoxy) is 1. The normalized spacial score (nSPS) is 20.5. The molecule has 1 amide bonds. The highest BCUT2D eigenvalue weighted by Crippen LogP contribution is 2.23. The van der Waals surface area contributed by atoms with E-state index in [9.17, 15) is 4.79 Å². The quantitative estimate of drug-likeness (QED) is 0.538. The summed E-state index contributed by atoms with van der Waals surface area (Å²) in [6, 6.07) is 20.6. The fourth-order valence-electron chi connectivity index (χ4n) is 4.35. The molecule has 3 unspecified atom stereocenters. The Labute approximate surface area is 181 Å². The second-order valence-electron chi connectivity index (χ2n) is 8.44. The zero-order chi connectivity index (χ0) is 21.2. The predicted molar refractivity (Wildman–Crippen MR) is 123 cm³/mol. The Balaban J connectivity index is 1.44. The van der Waals surface area contributed by atoms with E-state index >= 15 is 0 Å². The monoisotopic (exact) mass is 408 g/mol. The van der Waals surface area contributed by atoms with Gasteiger partial charge in [0, 0.05) is 24.2 Å². The van der Waals surface area contributed by atoms with E-state index in [1.807, 2.05) is 60.7 Å². The number of carbonyl (C=O) groups is 1. The maximum atomic E-state index is 12.9. The Morgan fingerprint density at radius 2 is 1.60 bits per heavy atom. The highest BCUT2D eigenvalue weighted by molar-refractivity contribution is 5.82. The highest BCUT2D eigenvalue weighted by atomic mass is 16.5. The number of piperidine rings is 1. The fraction of sp³-hybridized carbons (Fsp3) is 0.500. The van der Waals surface area contributed by atoms with Crippen LogP contribution < -0.4 is 10.1 Å². The van der Waals surface area contributed by atoms with Crippen LogP contribution in [0.25, 0.3) is 0 Å². The number of nitrogens with one attached hydrogen (secondary N) is 1. The van der Waals surface area contributed by atoms with E-state index in [-0.39, 0.29) is 5.91 Å². The zero-order valence-corrected chi connectivity index (χ0v) is 18.4. The SMILES string of the molecule is CC1CCCC(C)N1CCCCCNC(=O)C(Oc1ccccc1)c1ccccc1. The molecular formula is C26H36N2O2. The van der Waals surface area contributed by atoms with E-state index in [0.29, 0.717) is 24.4 Å². The van der Waals surface area contributed by atoms with E-state index in [2.05, 4.69) is 24.1 Å². The Bertz CT molecular complexity index is 740. The standard InChI is InChI=1S/C26H36N2O2/c1-21-13-12-14-22(2)28(21)20-11-5-10-19-27-26(29)25(23-15-6-3-7-16-23)30-24-17-8-4-9-18-24/h3-4,6-9,15-18,21-22,25H,5,10-14,19-20H2,1-2H3,(H,27,29). The minimum Gasteiger partial charge on any atom is -0.476 e. The Hall–Kier alpha value is -2.33. The van der Waals surface area contributed by atoms with Crippen molar-refractivity contribution in [3.8, 4) is 5.75 Å². The molecule has 162 valence electrons. The van der Waals surface area contributed by atoms with Gasteiger partial charge in [-0.15, -0.1) is 0 Å². The van der Waals surface area contributed by atoms with Gasteiger partial charge in [-0.3, -0.25) is 9.69 Å². The van der Waals surface area contributed by atoms with Gasteiger partial charge in [0.1, 0.15) is 5.75 Å². The minimum absolute atomic E-state index is 0.0803. The van der Waals surface area contributed by atoms with E-state index in [0.717, 1.165) is 18.4 Å². The topological polar surface area (TPSA) is 41.6 Å². The molecule has 1 aliphatic heterocycles. The lowest BCUT2D eigenvalue weighted by Gasteiger charge is -2.39. The minimum atomic E-state index is -0.636. The molecule has 0 aliphatic carbocycles. The van der Waals surface area contributed by atoms with Gasteiger partial charge in [0.2, 0.25) is 6.10 Å². The molecule has 0 saturated carbocycles. The predicted octanol–water partition coefficient (Wildman–Crippen LogP) is 5.36. The number of benzene rings is 2. The molecule has 0 aromatic heterocycles. The summed E-state index contributed by atoms with van der Waals surface area (Å²) in [5.41, 5.74) is 0.868. The first-order valence-corrected chi connectivity index (χ1v) is 11.5. The maximum absolute atomic E-state index is 12.9. The van der Waals surface area contributed by atoms with Crippen LogP contribution >= 0.6 is 0 Å². The van der Waals surface area contributed by atoms with Crippen molar-refractivity contribution in [3.05, 3.63) is 66.2 Å². The van der Waals surface area contributed by atoms with Crippen molar-refractivity contribution in [2.24, 2.45) is 0 Å². The number of amides is 1. The number of unbranched alkanes of at least 4 members (excludes halogenated alkanes) is 2. The van der Waals surface area contributed by atoms with Crippen LogP contribution in [0.4, 0.5) is 0 Å². The van der Waals surface area contributed by atoms with Crippen LogP contribution in [0.15, 0.2) is 60.7 Å². The number of likely N-dealkylation sites (tertiary alicyclic amines) is 1. The second kappa shape index (κ2) is 11.8. The number of para-hydroxylation sites is 1. The summed E-state index contributed by atoms with van der Waals surface area (Å²) >= 11 is 0. The van der Waals surface area contributed by atoms with Crippen molar-refractivity contribution in [2.75, 3.05) is 13.1 Å². The number of rotatable bonds is 10. The van der Waals surface area contributed by atoms with Crippen LogP contribution in [0.3, 0.4) is 0 Å². The molecule has 0 spiro atoms. The Morgan fingerprint density at radius 1 is 0.967 bits per heavy atom. The summed E-state index contributed by atoms with van der Waals surface area (Å²) in [5.74, 6) is 0.620. The van der Waals surface area contributed by atoms with Gasteiger partial charge in [0.25, 0.3) is 5.91 Å². The third kappa shape index (κ3) is 6.60. The molecule has 4 nitrogen and oxygen atoms in total. The van der Waals surface area contributed by atoms with Gasteiger partial charge < -0.3 is 10.1 Å². The van der Waals surface area contributed by atoms with E-state index < -0.39 is 6.10 Å². The summed E-state index contributed by atoms with van der Waals surface area (Å²) in [6.45, 7) is 6.56. The van der Waals surface area contributed by atoms with E-state index in [1.165, 1.54) is 32.2 Å². The van der Waals surface area contributed by atoms with Crippen LogP contribution in [0.1, 0.15) is 64.0 Å². The Kier molecular flexibility index (Phi) is 8.76. The lowest BCUT2D eigenvalue weighted by Crippen LogP contribution is -2.44. The molecule has 1 saturated heterocycles. The number of hydrogen-bond acceptors (Lipinski definition) is 3. The maximum Gasteiger partial charge on any atom is 0.265 e. The summed E-state index contributed by atoms with van der Waals surface area (Å²) < 4.78 is 6.02. The van der Waals surface area contributed by atoms with Crippen molar-refractivity contribution < 1.29 is 9.53 Å². The van der Waals surface area contributed by atoms with Crippen LogP contribution in [0.5, 0.6) is 5.75 Å². The van der Waals surface area contributed by atoms with E-state index in [4.69, 9.17) is 4.74 Å². The molecule has 0 bridgehead atoms. The molecule has 4 heteroatoms. The average Bonchev–Trinajstić information content (AvgIpc) is 2.77. The first-order valence-electron chi connectivity index (χ1n) is 11.5. The molecule has 1 fully saturated rings. The van der Waals surface area contributed by atoms with Gasteiger partial charge in [-0.1, -0.05) is 61.4 Å². The van der Waals surface area contributed by atoms with Gasteiger partial charge in [0.05, 0.1) is 0 Å². The molecule has 1 heterocycles. The number of carbonyl (C=O) groups excluding carboxylic acids is 1. The lowest BCUT2D eigenvalue weighted by molar-refractivity contribution is -0.128. The van der Waals surface area contributed by atoms with Gasteiger partial charge in [-0.2, -0.15) is 0 Å². The molecule has 1 aliphatic rings. The largest absolute Gasteiger partial charge is 0.476 e. The van der Waals surface area contributed by atoms with Crippen LogP contribution in [-0.2, 0) is 4.79 Å². The number of hydrogen-bond donors (Lipinski definition) is 1. The first-order chi connectivity index (χ1) is 14.6. The molecule has 2 aromatic carbocycles. The average molecular weight is 409 g/mol. The van der Waals surface area contributed by atoms with Gasteiger partial charge in [0.15, 0.2) is 0 Å². The highest BCUT2D eigenvalue weighted by Gasteiger charge is 2.24. The molecule has 2 aromatic rings. The zero-order valence-electron chi connectivity index (χ0n) is 18.4. The van der Waals surface area contributed by atoms with Crippen LogP contribution in [0, 0.1) is 0 Å². The number of nitrogens with zero attached hydrogens (tertiary/aromatic N) is 1. The summed E-state index contributed by atoms with van der Waals surface area (Å²) in [6.07, 6.45) is 6.68. The fourth-order valence-corrected chi connectivity index (χ4v) is 4.35. The van der Waals surface area contributed by atoms with Gasteiger partial charge >= 0.3 is 0 Å². The first kappa shape index (κ1) is 22.4. The second-order valence-corrected chi connectivity index (χ2v) is 8.44. The van der Waals surface area contributed by atoms with Crippen molar-refractivity contribution in [1.29, 1.82) is 0 Å². The van der Waals surface area contributed by atoms with Gasteiger partial charge in [-0.25, -0.2) is 0 Å². The molecule has 1 N–H and O–H groups in total. The molecular weight excluding hydrogens is 372 g/mol. The third-order valence-electron chi connectivity index (χ3n) is 6.11. The lowest BCUT2D eigenvalue weighted by atomic mass is 9.97. The summed E-state index contributed by atoms with van der Waals surface area (Å²) in [7, 11) is 0. The molecule has 3 atom stereocenters. The van der Waals surface area contributed by atoms with Crippen LogP contribution in [-0.4, -0.2) is 36.0 Å². The smallest absolute Gasteiger partial charge is 0.265 e. The van der Waals surface area contributed by atoms with Crippen molar-refractivity contribution in [3.63, 3.8) is 0 Å². The van der Waals surface area contributed by atoms with Crippen LogP contribution in [0.2, 0.25) is 0 Å². The van der Waals surface area contributed by atoms with Crippen molar-refractivity contribution in [1.82, 2.24) is 10.2 Å². The summed E-state index contributed by atoms with van der Waals surface area (Å²) in [4.78, 5) is 15.5. The van der Waals surface area contributed by atoms with Crippen molar-refractivity contribution >= 4 is 5.91 Å². The van der Waals surface area contributed by atoms with Crippen molar-refractivity contribution in [2.45, 2.75) is 70.6 Å². The van der Waals surface area contributed by atoms with Gasteiger partial charge in [-0.05, 0) is 58.2 Å². The summed E-state index contributed by atoms with van der Waals surface area (Å²) in [5, 5.41) is 3.08.